The zero-order valence-corrected chi connectivity index (χ0v) is 12.1. The molecule has 1 rings (SSSR count). The molecule has 4 nitrogen and oxygen atoms in total. The van der Waals surface area contributed by atoms with Gasteiger partial charge >= 0.3 is 6.03 Å². The average Bonchev–Trinajstić information content (AvgIpc) is 2.38. The van der Waals surface area contributed by atoms with Gasteiger partial charge in [-0.2, -0.15) is 0 Å². The van der Waals surface area contributed by atoms with Crippen molar-refractivity contribution >= 4 is 6.03 Å². The molecule has 0 heterocycles. The van der Waals surface area contributed by atoms with Crippen LogP contribution in [0.15, 0.2) is 24.3 Å². The lowest BCUT2D eigenvalue weighted by Gasteiger charge is -2.21. The highest BCUT2D eigenvalue weighted by Crippen LogP contribution is 2.12. The van der Waals surface area contributed by atoms with Crippen LogP contribution >= 0.6 is 0 Å². The third-order valence-electron chi connectivity index (χ3n) is 3.43. The molecule has 0 aliphatic heterocycles. The summed E-state index contributed by atoms with van der Waals surface area (Å²) >= 11 is 0. The van der Waals surface area contributed by atoms with E-state index >= 15 is 0 Å². The van der Waals surface area contributed by atoms with Gasteiger partial charge in [0.05, 0.1) is 6.04 Å². The SMILES string of the molecule is Cc1ccc(C(C)NC(=O)NC(C)C(C)CO)cc1. The van der Waals surface area contributed by atoms with Crippen molar-refractivity contribution in [3.63, 3.8) is 0 Å². The Balaban J connectivity index is 2.50. The summed E-state index contributed by atoms with van der Waals surface area (Å²) in [6, 6.07) is 7.78. The van der Waals surface area contributed by atoms with Gasteiger partial charge in [-0.15, -0.1) is 0 Å². The summed E-state index contributed by atoms with van der Waals surface area (Å²) in [6.45, 7) is 7.83. The molecule has 0 aliphatic rings. The predicted octanol–water partition coefficient (Wildman–Crippen LogP) is 2.37. The molecule has 0 saturated carbocycles. The van der Waals surface area contributed by atoms with E-state index in [0.717, 1.165) is 5.56 Å². The average molecular weight is 264 g/mol. The van der Waals surface area contributed by atoms with E-state index in [2.05, 4.69) is 10.6 Å². The van der Waals surface area contributed by atoms with Gasteiger partial charge in [0.15, 0.2) is 0 Å². The van der Waals surface area contributed by atoms with Crippen LogP contribution in [0.25, 0.3) is 0 Å². The van der Waals surface area contributed by atoms with Crippen molar-refractivity contribution in [3.8, 4) is 0 Å². The Morgan fingerprint density at radius 2 is 1.74 bits per heavy atom. The van der Waals surface area contributed by atoms with Crippen molar-refractivity contribution in [1.82, 2.24) is 10.6 Å². The summed E-state index contributed by atoms with van der Waals surface area (Å²) in [7, 11) is 0. The lowest BCUT2D eigenvalue weighted by Crippen LogP contribution is -2.44. The molecule has 3 atom stereocenters. The first kappa shape index (κ1) is 15.5. The highest BCUT2D eigenvalue weighted by atomic mass is 16.3. The summed E-state index contributed by atoms with van der Waals surface area (Å²) in [5.41, 5.74) is 2.27. The topological polar surface area (TPSA) is 61.4 Å². The number of amides is 2. The number of hydrogen-bond donors (Lipinski definition) is 3. The Morgan fingerprint density at radius 3 is 2.26 bits per heavy atom. The van der Waals surface area contributed by atoms with Crippen LogP contribution in [-0.2, 0) is 0 Å². The fraction of sp³-hybridized carbons (Fsp3) is 0.533. The van der Waals surface area contributed by atoms with Crippen molar-refractivity contribution < 1.29 is 9.90 Å². The number of aliphatic hydroxyl groups is 1. The summed E-state index contributed by atoms with van der Waals surface area (Å²) < 4.78 is 0. The molecule has 1 aromatic rings. The van der Waals surface area contributed by atoms with Crippen LogP contribution in [-0.4, -0.2) is 23.8 Å². The molecule has 2 amide bonds. The first-order valence-corrected chi connectivity index (χ1v) is 6.68. The fourth-order valence-corrected chi connectivity index (χ4v) is 1.68. The van der Waals surface area contributed by atoms with E-state index in [1.807, 2.05) is 52.0 Å². The zero-order chi connectivity index (χ0) is 14.4. The number of carbonyl (C=O) groups is 1. The highest BCUT2D eigenvalue weighted by molar-refractivity contribution is 5.74. The van der Waals surface area contributed by atoms with Crippen LogP contribution < -0.4 is 10.6 Å². The van der Waals surface area contributed by atoms with E-state index in [1.54, 1.807) is 0 Å². The number of carbonyl (C=O) groups excluding carboxylic acids is 1. The molecule has 1 aromatic carbocycles. The van der Waals surface area contributed by atoms with Gasteiger partial charge in [-0.05, 0) is 32.3 Å². The van der Waals surface area contributed by atoms with E-state index < -0.39 is 0 Å². The molecule has 19 heavy (non-hydrogen) atoms. The van der Waals surface area contributed by atoms with Crippen LogP contribution in [0.1, 0.15) is 37.9 Å². The number of benzene rings is 1. The summed E-state index contributed by atoms with van der Waals surface area (Å²) in [5.74, 6) is 0.0421. The smallest absolute Gasteiger partial charge is 0.315 e. The zero-order valence-electron chi connectivity index (χ0n) is 12.1. The second-order valence-electron chi connectivity index (χ2n) is 5.20. The Labute approximate surface area is 115 Å². The van der Waals surface area contributed by atoms with Crippen LogP contribution in [0, 0.1) is 12.8 Å². The van der Waals surface area contributed by atoms with Crippen LogP contribution in [0.4, 0.5) is 4.79 Å². The lowest BCUT2D eigenvalue weighted by atomic mass is 10.1. The molecular weight excluding hydrogens is 240 g/mol. The quantitative estimate of drug-likeness (QED) is 0.764. The molecule has 0 spiro atoms. The van der Waals surface area contributed by atoms with Gasteiger partial charge < -0.3 is 15.7 Å². The van der Waals surface area contributed by atoms with Crippen LogP contribution in [0.3, 0.4) is 0 Å². The Kier molecular flexibility index (Phi) is 5.83. The minimum atomic E-state index is -0.208. The summed E-state index contributed by atoms with van der Waals surface area (Å²) in [4.78, 5) is 11.8. The van der Waals surface area contributed by atoms with Gasteiger partial charge in [0, 0.05) is 12.6 Å². The predicted molar refractivity (Wildman–Crippen MR) is 77.0 cm³/mol. The maximum absolute atomic E-state index is 11.8. The van der Waals surface area contributed by atoms with Crippen molar-refractivity contribution in [2.24, 2.45) is 5.92 Å². The Morgan fingerprint density at radius 1 is 1.16 bits per heavy atom. The number of rotatable bonds is 5. The Hall–Kier alpha value is -1.55. The van der Waals surface area contributed by atoms with E-state index in [0.29, 0.717) is 0 Å². The highest BCUT2D eigenvalue weighted by Gasteiger charge is 2.15. The lowest BCUT2D eigenvalue weighted by molar-refractivity contribution is 0.199. The second-order valence-corrected chi connectivity index (χ2v) is 5.20. The van der Waals surface area contributed by atoms with Gasteiger partial charge in [0.2, 0.25) is 0 Å². The molecule has 0 fully saturated rings. The maximum atomic E-state index is 11.8. The van der Waals surface area contributed by atoms with E-state index in [-0.39, 0.29) is 30.6 Å². The summed E-state index contributed by atoms with van der Waals surface area (Å²) in [5, 5.41) is 14.8. The molecule has 0 bridgehead atoms. The number of hydrogen-bond acceptors (Lipinski definition) is 2. The normalized spacial score (nSPS) is 15.4. The van der Waals surface area contributed by atoms with Crippen molar-refractivity contribution in [2.45, 2.75) is 39.8 Å². The van der Waals surface area contributed by atoms with Crippen molar-refractivity contribution in [3.05, 3.63) is 35.4 Å². The molecule has 4 heteroatoms. The first-order valence-electron chi connectivity index (χ1n) is 6.68. The van der Waals surface area contributed by atoms with Crippen LogP contribution in [0.2, 0.25) is 0 Å². The van der Waals surface area contributed by atoms with E-state index in [1.165, 1.54) is 5.56 Å². The minimum Gasteiger partial charge on any atom is -0.396 e. The van der Waals surface area contributed by atoms with E-state index in [4.69, 9.17) is 5.11 Å². The number of urea groups is 1. The van der Waals surface area contributed by atoms with Gasteiger partial charge in [-0.3, -0.25) is 0 Å². The standard InChI is InChI=1S/C15H24N2O2/c1-10-5-7-14(8-6-10)13(4)17-15(19)16-12(3)11(2)9-18/h5-8,11-13,18H,9H2,1-4H3,(H2,16,17,19). The number of aryl methyl sites for hydroxylation is 1. The molecule has 3 N–H and O–H groups in total. The van der Waals surface area contributed by atoms with Gasteiger partial charge in [-0.25, -0.2) is 4.79 Å². The molecule has 0 aromatic heterocycles. The van der Waals surface area contributed by atoms with Crippen LogP contribution in [0.5, 0.6) is 0 Å². The fourth-order valence-electron chi connectivity index (χ4n) is 1.68. The number of nitrogens with one attached hydrogen (secondary N) is 2. The van der Waals surface area contributed by atoms with Crippen molar-refractivity contribution in [2.75, 3.05) is 6.61 Å². The van der Waals surface area contributed by atoms with Gasteiger partial charge in [0.1, 0.15) is 0 Å². The Bertz CT molecular complexity index is 403. The third-order valence-corrected chi connectivity index (χ3v) is 3.43. The molecule has 106 valence electrons. The minimum absolute atomic E-state index is 0.0421. The molecule has 0 radical (unpaired) electrons. The number of aliphatic hydroxyl groups excluding tert-OH is 1. The van der Waals surface area contributed by atoms with E-state index in [9.17, 15) is 4.79 Å². The molecule has 3 unspecified atom stereocenters. The summed E-state index contributed by atoms with van der Waals surface area (Å²) in [6.07, 6.45) is 0. The molecule has 0 aliphatic carbocycles. The molecular formula is C15H24N2O2. The third kappa shape index (κ3) is 4.91. The monoisotopic (exact) mass is 264 g/mol. The van der Waals surface area contributed by atoms with Gasteiger partial charge in [-0.1, -0.05) is 36.8 Å². The largest absolute Gasteiger partial charge is 0.396 e. The van der Waals surface area contributed by atoms with Crippen molar-refractivity contribution in [1.29, 1.82) is 0 Å². The van der Waals surface area contributed by atoms with Gasteiger partial charge in [0.25, 0.3) is 0 Å². The molecule has 0 saturated heterocycles. The first-order chi connectivity index (χ1) is 8.93. The maximum Gasteiger partial charge on any atom is 0.315 e. The second kappa shape index (κ2) is 7.14.